The molecule has 1 unspecified atom stereocenters. The van der Waals surface area contributed by atoms with Gasteiger partial charge in [0, 0.05) is 44.5 Å². The van der Waals surface area contributed by atoms with Crippen molar-refractivity contribution in [3.63, 3.8) is 0 Å². The molecule has 3 heterocycles. The summed E-state index contributed by atoms with van der Waals surface area (Å²) >= 11 is -1.22. The zero-order chi connectivity index (χ0) is 33.6. The number of rotatable bonds is 8. The highest BCUT2D eigenvalue weighted by atomic mass is 32.2. The van der Waals surface area contributed by atoms with Crippen LogP contribution in [-0.4, -0.2) is 90.4 Å². The number of hydrogen-bond donors (Lipinski definition) is 1. The first-order chi connectivity index (χ1) is 22.5. The van der Waals surface area contributed by atoms with Crippen molar-refractivity contribution in [1.29, 1.82) is 5.26 Å². The number of nitriles is 1. The summed E-state index contributed by atoms with van der Waals surface area (Å²) < 4.78 is 25.7. The summed E-state index contributed by atoms with van der Waals surface area (Å²) in [7, 11) is 1.33. The number of hydrogen-bond acceptors (Lipinski definition) is 9. The molecule has 1 atom stereocenters. The monoisotopic (exact) mass is 663 g/mol. The SMILES string of the molecule is COC(=O)c1ccc(N2CCC(CN3CCC(c4cccc([S+]([O-])N5CCC(NC(=O)OC(C)(C)C)CC5)c4)CC3)CC2)cc1C#N. The van der Waals surface area contributed by atoms with Crippen LogP contribution in [0.25, 0.3) is 0 Å². The van der Waals surface area contributed by atoms with Crippen molar-refractivity contribution in [2.75, 3.05) is 57.8 Å². The van der Waals surface area contributed by atoms with Crippen LogP contribution >= 0.6 is 0 Å². The molecule has 47 heavy (non-hydrogen) atoms. The van der Waals surface area contributed by atoms with Crippen LogP contribution in [0.5, 0.6) is 0 Å². The first kappa shape index (κ1) is 35.0. The second kappa shape index (κ2) is 15.7. The van der Waals surface area contributed by atoms with E-state index in [1.165, 1.54) is 12.7 Å². The summed E-state index contributed by atoms with van der Waals surface area (Å²) in [6.07, 6.45) is 5.49. The fraction of sp³-hybridized carbons (Fsp3) is 0.583. The minimum absolute atomic E-state index is 0.0338. The molecule has 3 fully saturated rings. The molecule has 0 radical (unpaired) electrons. The van der Waals surface area contributed by atoms with Gasteiger partial charge < -0.3 is 29.1 Å². The maximum Gasteiger partial charge on any atom is 0.407 e. The van der Waals surface area contributed by atoms with Crippen molar-refractivity contribution in [2.45, 2.75) is 81.8 Å². The third-order valence-corrected chi connectivity index (χ3v) is 11.0. The molecule has 2 aromatic rings. The third kappa shape index (κ3) is 9.41. The Morgan fingerprint density at radius 2 is 1.68 bits per heavy atom. The zero-order valence-electron chi connectivity index (χ0n) is 28.2. The number of carbonyl (C=O) groups excluding carboxylic acids is 2. The molecule has 3 aliphatic heterocycles. The lowest BCUT2D eigenvalue weighted by Crippen LogP contribution is -2.47. The van der Waals surface area contributed by atoms with E-state index in [4.69, 9.17) is 9.47 Å². The Kier molecular flexibility index (Phi) is 11.7. The van der Waals surface area contributed by atoms with Crippen molar-refractivity contribution < 1.29 is 23.6 Å². The van der Waals surface area contributed by atoms with E-state index in [0.717, 1.165) is 81.8 Å². The molecule has 0 saturated carbocycles. The predicted octanol–water partition coefficient (Wildman–Crippen LogP) is 5.45. The van der Waals surface area contributed by atoms with E-state index >= 15 is 0 Å². The fourth-order valence-electron chi connectivity index (χ4n) is 6.96. The van der Waals surface area contributed by atoms with Gasteiger partial charge in [-0.15, -0.1) is 4.31 Å². The van der Waals surface area contributed by atoms with Crippen molar-refractivity contribution in [2.24, 2.45) is 5.92 Å². The van der Waals surface area contributed by atoms with Gasteiger partial charge in [-0.3, -0.25) is 0 Å². The van der Waals surface area contributed by atoms with Crippen LogP contribution in [-0.2, 0) is 20.8 Å². The van der Waals surface area contributed by atoms with E-state index in [2.05, 4.69) is 33.3 Å². The average molecular weight is 664 g/mol. The number of nitrogens with zero attached hydrogens (tertiary/aromatic N) is 4. The van der Waals surface area contributed by atoms with Crippen LogP contribution in [0.3, 0.4) is 0 Å². The molecular formula is C36H49N5O5S. The molecule has 0 spiro atoms. The maximum absolute atomic E-state index is 13.5. The Hall–Kier alpha value is -3.30. The van der Waals surface area contributed by atoms with Gasteiger partial charge in [0.05, 0.1) is 29.6 Å². The summed E-state index contributed by atoms with van der Waals surface area (Å²) in [6, 6.07) is 15.9. The van der Waals surface area contributed by atoms with Gasteiger partial charge in [-0.25, -0.2) is 9.59 Å². The van der Waals surface area contributed by atoms with Crippen molar-refractivity contribution in [3.05, 3.63) is 59.2 Å². The Morgan fingerprint density at radius 1 is 0.979 bits per heavy atom. The Bertz CT molecular complexity index is 1420. The summed E-state index contributed by atoms with van der Waals surface area (Å²) in [6.45, 7) is 12.0. The molecule has 1 amide bonds. The van der Waals surface area contributed by atoms with Crippen LogP contribution in [0.4, 0.5) is 10.5 Å². The van der Waals surface area contributed by atoms with Crippen LogP contribution in [0.15, 0.2) is 47.4 Å². The quantitative estimate of drug-likeness (QED) is 0.290. The molecule has 5 rings (SSSR count). The van der Waals surface area contributed by atoms with Gasteiger partial charge in [0.25, 0.3) is 0 Å². The molecule has 11 heteroatoms. The minimum atomic E-state index is -1.22. The van der Waals surface area contributed by atoms with Gasteiger partial charge in [-0.1, -0.05) is 12.1 Å². The second-order valence-electron chi connectivity index (χ2n) is 14.0. The molecular weight excluding hydrogens is 614 g/mol. The standard InChI is InChI=1S/C36H49N5O5S/c1-36(2,3)46-35(43)38-30-14-20-41(21-15-30)47(44)32-7-5-6-28(23-32)27-12-16-39(17-13-27)25-26-10-18-40(19-11-26)31-8-9-33(34(42)45-4)29(22-31)24-37/h5-9,22-23,26-27,30H,10-21,25H2,1-4H3,(H,38,43). The number of alkyl carbamates (subject to hydrolysis) is 1. The van der Waals surface area contributed by atoms with Crippen LogP contribution in [0, 0.1) is 17.2 Å². The van der Waals surface area contributed by atoms with Crippen molar-refractivity contribution in [1.82, 2.24) is 14.5 Å². The van der Waals surface area contributed by atoms with Crippen molar-refractivity contribution in [3.8, 4) is 6.07 Å². The Labute approximate surface area is 282 Å². The number of carbonyl (C=O) groups is 2. The van der Waals surface area contributed by atoms with E-state index in [1.807, 2.05) is 43.3 Å². The van der Waals surface area contributed by atoms with Gasteiger partial charge in [0.1, 0.15) is 11.7 Å². The van der Waals surface area contributed by atoms with Crippen LogP contribution in [0.1, 0.15) is 86.7 Å². The van der Waals surface area contributed by atoms with E-state index in [-0.39, 0.29) is 6.04 Å². The first-order valence-corrected chi connectivity index (χ1v) is 18.0. The summed E-state index contributed by atoms with van der Waals surface area (Å²) in [5.41, 5.74) is 2.40. The fourth-order valence-corrected chi connectivity index (χ4v) is 8.24. The van der Waals surface area contributed by atoms with Gasteiger partial charge in [-0.05, 0) is 120 Å². The number of likely N-dealkylation sites (tertiary alicyclic amines) is 1. The molecule has 254 valence electrons. The normalized spacial score (nSPS) is 20.0. The number of methoxy groups -OCH3 is 1. The van der Waals surface area contributed by atoms with Gasteiger partial charge in [0.2, 0.25) is 0 Å². The topological polar surface area (TPSA) is 121 Å². The molecule has 1 N–H and O–H groups in total. The number of ether oxygens (including phenoxy) is 2. The second-order valence-corrected chi connectivity index (χ2v) is 15.5. The third-order valence-electron chi connectivity index (χ3n) is 9.55. The molecule has 3 saturated heterocycles. The number of amides is 1. The summed E-state index contributed by atoms with van der Waals surface area (Å²) in [4.78, 5) is 29.9. The zero-order valence-corrected chi connectivity index (χ0v) is 29.0. The van der Waals surface area contributed by atoms with Crippen molar-refractivity contribution >= 4 is 29.1 Å². The van der Waals surface area contributed by atoms with Crippen LogP contribution < -0.4 is 10.2 Å². The van der Waals surface area contributed by atoms with E-state index in [0.29, 0.717) is 36.1 Å². The molecule has 10 nitrogen and oxygen atoms in total. The predicted molar refractivity (Wildman–Crippen MR) is 183 cm³/mol. The lowest BCUT2D eigenvalue weighted by molar-refractivity contribution is 0.0488. The van der Waals surface area contributed by atoms with Gasteiger partial charge >= 0.3 is 12.1 Å². The highest BCUT2D eigenvalue weighted by Gasteiger charge is 2.31. The Balaban J connectivity index is 1.05. The van der Waals surface area contributed by atoms with E-state index < -0.39 is 29.0 Å². The lowest BCUT2D eigenvalue weighted by atomic mass is 9.88. The van der Waals surface area contributed by atoms with E-state index in [1.54, 1.807) is 12.1 Å². The number of benzene rings is 2. The molecule has 0 aliphatic carbocycles. The highest BCUT2D eigenvalue weighted by molar-refractivity contribution is 7.89. The van der Waals surface area contributed by atoms with Gasteiger partial charge in [0.15, 0.2) is 4.90 Å². The minimum Gasteiger partial charge on any atom is -0.593 e. The first-order valence-electron chi connectivity index (χ1n) is 16.9. The number of anilines is 1. The summed E-state index contributed by atoms with van der Waals surface area (Å²) in [5.74, 6) is 0.624. The van der Waals surface area contributed by atoms with E-state index in [9.17, 15) is 19.4 Å². The lowest BCUT2D eigenvalue weighted by Gasteiger charge is -2.38. The number of esters is 1. The van der Waals surface area contributed by atoms with Gasteiger partial charge in [-0.2, -0.15) is 5.26 Å². The number of nitrogens with one attached hydrogen (secondary N) is 1. The molecule has 0 aromatic heterocycles. The summed E-state index contributed by atoms with van der Waals surface area (Å²) in [5, 5.41) is 12.5. The van der Waals surface area contributed by atoms with Crippen LogP contribution in [0.2, 0.25) is 0 Å². The molecule has 0 bridgehead atoms. The maximum atomic E-state index is 13.5. The molecule has 3 aliphatic rings. The largest absolute Gasteiger partial charge is 0.593 e. The number of piperidine rings is 3. The highest BCUT2D eigenvalue weighted by Crippen LogP contribution is 2.32. The Morgan fingerprint density at radius 3 is 2.32 bits per heavy atom. The molecule has 2 aromatic carbocycles. The smallest absolute Gasteiger partial charge is 0.407 e. The average Bonchev–Trinajstić information content (AvgIpc) is 3.07.